The van der Waals surface area contributed by atoms with Crippen LogP contribution in [0.1, 0.15) is 16.1 Å². The normalized spacial score (nSPS) is 10.2. The molecule has 1 aromatic carbocycles. The van der Waals surface area contributed by atoms with Crippen molar-refractivity contribution in [3.05, 3.63) is 41.6 Å². The number of nitrogen functional groups attached to an aromatic ring is 1. The van der Waals surface area contributed by atoms with Crippen molar-refractivity contribution < 1.29 is 9.90 Å². The lowest BCUT2D eigenvalue weighted by molar-refractivity contribution is 0.102. The van der Waals surface area contributed by atoms with Crippen LogP contribution in [0.2, 0.25) is 0 Å². The van der Waals surface area contributed by atoms with E-state index in [4.69, 9.17) is 10.8 Å². The number of amides is 1. The molecular formula is C11H12N4O2. The highest BCUT2D eigenvalue weighted by molar-refractivity contribution is 6.03. The quantitative estimate of drug-likeness (QED) is 0.626. The molecule has 0 unspecified atom stereocenters. The second-order valence-electron chi connectivity index (χ2n) is 3.52. The van der Waals surface area contributed by atoms with E-state index >= 15 is 0 Å². The smallest absolute Gasteiger partial charge is 0.273 e. The topological polar surface area (TPSA) is 104 Å². The second kappa shape index (κ2) is 4.67. The van der Waals surface area contributed by atoms with E-state index in [1.165, 1.54) is 6.07 Å². The van der Waals surface area contributed by atoms with E-state index in [9.17, 15) is 4.79 Å². The van der Waals surface area contributed by atoms with Crippen molar-refractivity contribution in [2.24, 2.45) is 0 Å². The monoisotopic (exact) mass is 232 g/mol. The molecule has 1 heterocycles. The summed E-state index contributed by atoms with van der Waals surface area (Å²) in [6.07, 6.45) is 0. The van der Waals surface area contributed by atoms with Gasteiger partial charge >= 0.3 is 0 Å². The van der Waals surface area contributed by atoms with E-state index in [1.807, 2.05) is 0 Å². The van der Waals surface area contributed by atoms with Gasteiger partial charge in [0.15, 0.2) is 0 Å². The Morgan fingerprint density at radius 1 is 1.41 bits per heavy atom. The van der Waals surface area contributed by atoms with Gasteiger partial charge in [0.1, 0.15) is 11.5 Å². The van der Waals surface area contributed by atoms with Gasteiger partial charge in [0.2, 0.25) is 0 Å². The lowest BCUT2D eigenvalue weighted by Crippen LogP contribution is -2.12. The number of hydrogen-bond donors (Lipinski definition) is 4. The number of aliphatic hydroxyl groups excluding tert-OH is 1. The van der Waals surface area contributed by atoms with Crippen LogP contribution in [0.5, 0.6) is 0 Å². The van der Waals surface area contributed by atoms with Crippen LogP contribution in [0.4, 0.5) is 11.5 Å². The number of carbonyl (C=O) groups excluding carboxylic acids is 1. The minimum absolute atomic E-state index is 0.0225. The van der Waals surface area contributed by atoms with Crippen LogP contribution >= 0.6 is 0 Å². The van der Waals surface area contributed by atoms with Crippen molar-refractivity contribution in [2.45, 2.75) is 6.61 Å². The maximum absolute atomic E-state index is 11.7. The van der Waals surface area contributed by atoms with E-state index in [-0.39, 0.29) is 18.3 Å². The highest BCUT2D eigenvalue weighted by atomic mass is 16.3. The van der Waals surface area contributed by atoms with Crippen LogP contribution in [0.15, 0.2) is 30.3 Å². The first kappa shape index (κ1) is 11.2. The van der Waals surface area contributed by atoms with Gasteiger partial charge in [0.25, 0.3) is 5.91 Å². The molecule has 0 saturated carbocycles. The van der Waals surface area contributed by atoms with Gasteiger partial charge < -0.3 is 16.2 Å². The fraction of sp³-hybridized carbons (Fsp3) is 0.0909. The minimum Gasteiger partial charge on any atom is -0.392 e. The predicted octanol–water partition coefficient (Wildman–Crippen LogP) is 0.736. The summed E-state index contributed by atoms with van der Waals surface area (Å²) in [5.41, 5.74) is 7.12. The second-order valence-corrected chi connectivity index (χ2v) is 3.52. The summed E-state index contributed by atoms with van der Waals surface area (Å²) in [6.45, 7) is -0.0225. The molecule has 0 aliphatic carbocycles. The highest BCUT2D eigenvalue weighted by Gasteiger charge is 2.08. The number of aromatic amines is 1. The molecule has 0 atom stereocenters. The SMILES string of the molecule is Nc1cc(C(=O)Nc2ccc(CO)cc2)[nH]n1. The number of nitrogens with one attached hydrogen (secondary N) is 2. The summed E-state index contributed by atoms with van der Waals surface area (Å²) in [5, 5.41) is 17.7. The van der Waals surface area contributed by atoms with Crippen LogP contribution in [0.3, 0.4) is 0 Å². The summed E-state index contributed by atoms with van der Waals surface area (Å²) in [5.74, 6) is -0.0447. The number of nitrogens with two attached hydrogens (primary N) is 1. The third-order valence-corrected chi connectivity index (χ3v) is 2.24. The molecule has 1 aromatic heterocycles. The number of benzene rings is 1. The van der Waals surface area contributed by atoms with Gasteiger partial charge in [0.05, 0.1) is 6.61 Å². The zero-order chi connectivity index (χ0) is 12.3. The van der Waals surface area contributed by atoms with E-state index in [1.54, 1.807) is 24.3 Å². The molecule has 0 saturated heterocycles. The molecule has 2 rings (SSSR count). The molecule has 17 heavy (non-hydrogen) atoms. The largest absolute Gasteiger partial charge is 0.392 e. The molecule has 0 bridgehead atoms. The first-order valence-corrected chi connectivity index (χ1v) is 5.01. The van der Waals surface area contributed by atoms with Crippen LogP contribution < -0.4 is 11.1 Å². The van der Waals surface area contributed by atoms with Crippen molar-refractivity contribution in [3.8, 4) is 0 Å². The molecule has 6 heteroatoms. The zero-order valence-electron chi connectivity index (χ0n) is 8.97. The molecular weight excluding hydrogens is 220 g/mol. The summed E-state index contributed by atoms with van der Waals surface area (Å²) < 4.78 is 0. The Labute approximate surface area is 97.5 Å². The minimum atomic E-state index is -0.314. The summed E-state index contributed by atoms with van der Waals surface area (Å²) >= 11 is 0. The van der Waals surface area contributed by atoms with Crippen molar-refractivity contribution >= 4 is 17.4 Å². The van der Waals surface area contributed by atoms with Gasteiger partial charge in [0, 0.05) is 11.8 Å². The first-order valence-electron chi connectivity index (χ1n) is 5.01. The van der Waals surface area contributed by atoms with E-state index in [0.717, 1.165) is 5.56 Å². The lowest BCUT2D eigenvalue weighted by atomic mass is 10.2. The third-order valence-electron chi connectivity index (χ3n) is 2.24. The molecule has 0 aliphatic heterocycles. The van der Waals surface area contributed by atoms with Crippen LogP contribution in [-0.4, -0.2) is 21.2 Å². The number of aromatic nitrogens is 2. The van der Waals surface area contributed by atoms with E-state index in [2.05, 4.69) is 15.5 Å². The fourth-order valence-electron chi connectivity index (χ4n) is 1.35. The molecule has 0 fully saturated rings. The number of anilines is 2. The number of aliphatic hydroxyl groups is 1. The van der Waals surface area contributed by atoms with E-state index in [0.29, 0.717) is 11.4 Å². The number of nitrogens with zero attached hydrogens (tertiary/aromatic N) is 1. The zero-order valence-corrected chi connectivity index (χ0v) is 8.97. The van der Waals surface area contributed by atoms with Crippen molar-refractivity contribution in [1.82, 2.24) is 10.2 Å². The Balaban J connectivity index is 2.07. The number of rotatable bonds is 3. The number of hydrogen-bond acceptors (Lipinski definition) is 4. The first-order chi connectivity index (χ1) is 8.19. The Morgan fingerprint density at radius 3 is 2.65 bits per heavy atom. The fourth-order valence-corrected chi connectivity index (χ4v) is 1.35. The predicted molar refractivity (Wildman–Crippen MR) is 63.3 cm³/mol. The van der Waals surface area contributed by atoms with Gasteiger partial charge in [-0.05, 0) is 17.7 Å². The molecule has 5 N–H and O–H groups in total. The molecule has 2 aromatic rings. The number of H-pyrrole nitrogens is 1. The summed E-state index contributed by atoms with van der Waals surface area (Å²) in [4.78, 5) is 11.7. The lowest BCUT2D eigenvalue weighted by Gasteiger charge is -2.03. The average molecular weight is 232 g/mol. The molecule has 0 radical (unpaired) electrons. The maximum Gasteiger partial charge on any atom is 0.273 e. The maximum atomic E-state index is 11.7. The van der Waals surface area contributed by atoms with Gasteiger partial charge in [-0.3, -0.25) is 9.89 Å². The Kier molecular flexibility index (Phi) is 3.06. The van der Waals surface area contributed by atoms with Gasteiger partial charge in [-0.1, -0.05) is 12.1 Å². The Morgan fingerprint density at radius 2 is 2.12 bits per heavy atom. The third kappa shape index (κ3) is 2.61. The van der Waals surface area contributed by atoms with Crippen molar-refractivity contribution in [2.75, 3.05) is 11.1 Å². The van der Waals surface area contributed by atoms with Crippen LogP contribution in [-0.2, 0) is 6.61 Å². The Hall–Kier alpha value is -2.34. The molecule has 6 nitrogen and oxygen atoms in total. The molecule has 88 valence electrons. The van der Waals surface area contributed by atoms with Crippen LogP contribution in [0, 0.1) is 0 Å². The van der Waals surface area contributed by atoms with Crippen molar-refractivity contribution in [1.29, 1.82) is 0 Å². The summed E-state index contributed by atoms with van der Waals surface area (Å²) in [6, 6.07) is 8.34. The number of carbonyl (C=O) groups is 1. The summed E-state index contributed by atoms with van der Waals surface area (Å²) in [7, 11) is 0. The molecule has 0 spiro atoms. The average Bonchev–Trinajstić information content (AvgIpc) is 2.77. The highest BCUT2D eigenvalue weighted by Crippen LogP contribution is 2.11. The molecule has 0 aliphatic rings. The Bertz CT molecular complexity index is 519. The van der Waals surface area contributed by atoms with Gasteiger partial charge in [-0.15, -0.1) is 0 Å². The standard InChI is InChI=1S/C11H12N4O2/c12-10-5-9(14-15-10)11(17)13-8-3-1-7(6-16)2-4-8/h1-5,16H,6H2,(H,13,17)(H3,12,14,15). The van der Waals surface area contributed by atoms with Crippen LogP contribution in [0.25, 0.3) is 0 Å². The van der Waals surface area contributed by atoms with E-state index < -0.39 is 0 Å². The van der Waals surface area contributed by atoms with Gasteiger partial charge in [-0.2, -0.15) is 5.10 Å². The van der Waals surface area contributed by atoms with Gasteiger partial charge in [-0.25, -0.2) is 0 Å². The molecule has 1 amide bonds. The van der Waals surface area contributed by atoms with Crippen molar-refractivity contribution in [3.63, 3.8) is 0 Å².